The molecule has 0 bridgehead atoms. The van der Waals surface area contributed by atoms with Gasteiger partial charge < -0.3 is 15.2 Å². The van der Waals surface area contributed by atoms with Crippen molar-refractivity contribution in [1.29, 1.82) is 0 Å². The number of carbonyl (C=O) groups excluding carboxylic acids is 1. The van der Waals surface area contributed by atoms with Crippen molar-refractivity contribution >= 4 is 17.8 Å². The van der Waals surface area contributed by atoms with Crippen LogP contribution in [-0.4, -0.2) is 27.4 Å². The average molecular weight is 316 g/mol. The van der Waals surface area contributed by atoms with Crippen LogP contribution in [0.4, 0.5) is 4.79 Å². The largest absolute Gasteiger partial charge is 0.335 e. The highest BCUT2D eigenvalue weighted by Gasteiger charge is 2.22. The zero-order valence-electron chi connectivity index (χ0n) is 12.5. The molecule has 2 aromatic rings. The number of imidazole rings is 1. The molecular formula is C16H20N4OS. The number of thioether (sulfide) groups is 1. The molecule has 0 aliphatic carbocycles. The van der Waals surface area contributed by atoms with Crippen LogP contribution in [0.1, 0.15) is 24.9 Å². The highest BCUT2D eigenvalue weighted by atomic mass is 32.2. The van der Waals surface area contributed by atoms with E-state index in [1.165, 1.54) is 10.5 Å². The van der Waals surface area contributed by atoms with Crippen molar-refractivity contribution in [2.45, 2.75) is 36.9 Å². The first-order valence-corrected chi connectivity index (χ1v) is 8.45. The van der Waals surface area contributed by atoms with Gasteiger partial charge in [0, 0.05) is 35.6 Å². The van der Waals surface area contributed by atoms with Crippen LogP contribution in [0.15, 0.2) is 47.9 Å². The molecule has 0 unspecified atom stereocenters. The number of carbonyl (C=O) groups is 1. The normalized spacial score (nSPS) is 18.3. The van der Waals surface area contributed by atoms with Gasteiger partial charge in [0.2, 0.25) is 0 Å². The third kappa shape index (κ3) is 3.62. The lowest BCUT2D eigenvalue weighted by Gasteiger charge is -2.26. The SMILES string of the molecule is C[C@H](Cn1ccnc1)NC(=O)N[C@@H]1CCSc2ccccc21. The molecule has 1 aromatic carbocycles. The Bertz CT molecular complexity index is 629. The maximum Gasteiger partial charge on any atom is 0.315 e. The third-order valence-corrected chi connectivity index (χ3v) is 4.81. The molecule has 1 aliphatic heterocycles. The van der Waals surface area contributed by atoms with E-state index in [0.717, 1.165) is 12.2 Å². The number of nitrogens with zero attached hydrogens (tertiary/aromatic N) is 2. The second kappa shape index (κ2) is 6.87. The van der Waals surface area contributed by atoms with Gasteiger partial charge in [0.15, 0.2) is 0 Å². The molecule has 2 N–H and O–H groups in total. The standard InChI is InChI=1S/C16H20N4OS/c1-12(10-20-8-7-17-11-20)18-16(21)19-14-6-9-22-15-5-3-2-4-13(14)15/h2-5,7-8,11-12,14H,6,9-10H2,1H3,(H2,18,19,21)/t12-,14-/m1/s1. The summed E-state index contributed by atoms with van der Waals surface area (Å²) in [5.74, 6) is 1.03. The smallest absolute Gasteiger partial charge is 0.315 e. The molecule has 1 aromatic heterocycles. The summed E-state index contributed by atoms with van der Waals surface area (Å²) in [6.07, 6.45) is 6.35. The van der Waals surface area contributed by atoms with Crippen molar-refractivity contribution in [1.82, 2.24) is 20.2 Å². The van der Waals surface area contributed by atoms with Crippen LogP contribution in [-0.2, 0) is 6.54 Å². The van der Waals surface area contributed by atoms with Crippen LogP contribution in [0.25, 0.3) is 0 Å². The fourth-order valence-electron chi connectivity index (χ4n) is 2.67. The number of benzene rings is 1. The summed E-state index contributed by atoms with van der Waals surface area (Å²) in [5, 5.41) is 6.09. The van der Waals surface area contributed by atoms with Gasteiger partial charge in [-0.2, -0.15) is 0 Å². The fraction of sp³-hybridized carbons (Fsp3) is 0.375. The van der Waals surface area contributed by atoms with Gasteiger partial charge in [0.05, 0.1) is 12.4 Å². The molecule has 2 heterocycles. The van der Waals surface area contributed by atoms with Crippen molar-refractivity contribution in [3.63, 3.8) is 0 Å². The number of amides is 2. The Morgan fingerprint density at radius 3 is 3.18 bits per heavy atom. The summed E-state index contributed by atoms with van der Waals surface area (Å²) in [5.41, 5.74) is 1.22. The van der Waals surface area contributed by atoms with Crippen molar-refractivity contribution < 1.29 is 4.79 Å². The van der Waals surface area contributed by atoms with Gasteiger partial charge in [0.1, 0.15) is 0 Å². The Balaban J connectivity index is 1.56. The second-order valence-electron chi connectivity index (χ2n) is 5.51. The van der Waals surface area contributed by atoms with E-state index in [1.54, 1.807) is 12.5 Å². The Kier molecular flexibility index (Phi) is 4.68. The first-order chi connectivity index (χ1) is 10.7. The molecule has 116 valence electrons. The molecule has 3 rings (SSSR count). The second-order valence-corrected chi connectivity index (χ2v) is 6.64. The first-order valence-electron chi connectivity index (χ1n) is 7.47. The Morgan fingerprint density at radius 2 is 2.36 bits per heavy atom. The number of hydrogen-bond donors (Lipinski definition) is 2. The topological polar surface area (TPSA) is 59.0 Å². The van der Waals surface area contributed by atoms with E-state index < -0.39 is 0 Å². The number of rotatable bonds is 4. The number of hydrogen-bond acceptors (Lipinski definition) is 3. The summed E-state index contributed by atoms with van der Waals surface area (Å²) >= 11 is 1.85. The molecule has 22 heavy (non-hydrogen) atoms. The summed E-state index contributed by atoms with van der Waals surface area (Å²) in [7, 11) is 0. The maximum atomic E-state index is 12.2. The summed E-state index contributed by atoms with van der Waals surface area (Å²) in [4.78, 5) is 17.5. The minimum Gasteiger partial charge on any atom is -0.335 e. The Morgan fingerprint density at radius 1 is 1.50 bits per heavy atom. The van der Waals surface area contributed by atoms with Crippen LogP contribution in [0, 0.1) is 0 Å². The van der Waals surface area contributed by atoms with Gasteiger partial charge in [-0.05, 0) is 25.0 Å². The van der Waals surface area contributed by atoms with E-state index in [-0.39, 0.29) is 18.1 Å². The minimum absolute atomic E-state index is 0.0439. The number of fused-ring (bicyclic) bond motifs is 1. The number of aromatic nitrogens is 2. The zero-order chi connectivity index (χ0) is 15.4. The van der Waals surface area contributed by atoms with Crippen LogP contribution in [0.5, 0.6) is 0 Å². The fourth-order valence-corrected chi connectivity index (χ4v) is 3.80. The van der Waals surface area contributed by atoms with Crippen LogP contribution in [0.3, 0.4) is 0 Å². The molecular weight excluding hydrogens is 296 g/mol. The van der Waals surface area contributed by atoms with Crippen LogP contribution in [0.2, 0.25) is 0 Å². The van der Waals surface area contributed by atoms with Crippen LogP contribution >= 0.6 is 11.8 Å². The van der Waals surface area contributed by atoms with E-state index in [4.69, 9.17) is 0 Å². The molecule has 0 fully saturated rings. The van der Waals surface area contributed by atoms with Gasteiger partial charge in [-0.25, -0.2) is 9.78 Å². The lowest BCUT2D eigenvalue weighted by atomic mass is 10.0. The summed E-state index contributed by atoms with van der Waals surface area (Å²) < 4.78 is 1.96. The first kappa shape index (κ1) is 15.0. The summed E-state index contributed by atoms with van der Waals surface area (Å²) in [6, 6.07) is 8.31. The predicted molar refractivity (Wildman–Crippen MR) is 87.9 cm³/mol. The van der Waals surface area contributed by atoms with Crippen molar-refractivity contribution in [3.05, 3.63) is 48.5 Å². The highest BCUT2D eigenvalue weighted by molar-refractivity contribution is 7.99. The molecule has 2 atom stereocenters. The monoisotopic (exact) mass is 316 g/mol. The molecule has 0 radical (unpaired) electrons. The number of nitrogens with one attached hydrogen (secondary N) is 2. The molecule has 0 saturated carbocycles. The van der Waals surface area contributed by atoms with E-state index in [0.29, 0.717) is 6.54 Å². The van der Waals surface area contributed by atoms with Crippen LogP contribution < -0.4 is 10.6 Å². The minimum atomic E-state index is -0.112. The van der Waals surface area contributed by atoms with Gasteiger partial charge in [0.25, 0.3) is 0 Å². The van der Waals surface area contributed by atoms with E-state index in [9.17, 15) is 4.79 Å². The molecule has 1 aliphatic rings. The molecule has 0 saturated heterocycles. The molecule has 5 nitrogen and oxygen atoms in total. The van der Waals surface area contributed by atoms with E-state index >= 15 is 0 Å². The van der Waals surface area contributed by atoms with Gasteiger partial charge in [-0.1, -0.05) is 18.2 Å². The Hall–Kier alpha value is -1.95. The molecule has 6 heteroatoms. The van der Waals surface area contributed by atoms with Crippen molar-refractivity contribution in [2.75, 3.05) is 5.75 Å². The zero-order valence-corrected chi connectivity index (χ0v) is 13.3. The average Bonchev–Trinajstić information content (AvgIpc) is 3.00. The number of urea groups is 1. The van der Waals surface area contributed by atoms with Gasteiger partial charge in [-0.3, -0.25) is 0 Å². The van der Waals surface area contributed by atoms with E-state index in [2.05, 4.69) is 27.8 Å². The predicted octanol–water partition coefficient (Wildman–Crippen LogP) is 2.81. The molecule has 0 spiro atoms. The van der Waals surface area contributed by atoms with Gasteiger partial charge in [-0.15, -0.1) is 11.8 Å². The highest BCUT2D eigenvalue weighted by Crippen LogP contribution is 2.35. The lowest BCUT2D eigenvalue weighted by molar-refractivity contribution is 0.232. The third-order valence-electron chi connectivity index (χ3n) is 3.69. The van der Waals surface area contributed by atoms with Crippen molar-refractivity contribution in [2.24, 2.45) is 0 Å². The summed E-state index contributed by atoms with van der Waals surface area (Å²) in [6.45, 7) is 2.70. The Labute approximate surface area is 134 Å². The van der Waals surface area contributed by atoms with Gasteiger partial charge >= 0.3 is 6.03 Å². The lowest BCUT2D eigenvalue weighted by Crippen LogP contribution is -2.44. The molecule has 2 amide bonds. The van der Waals surface area contributed by atoms with E-state index in [1.807, 2.05) is 41.6 Å². The van der Waals surface area contributed by atoms with Crippen molar-refractivity contribution in [3.8, 4) is 0 Å². The quantitative estimate of drug-likeness (QED) is 0.912. The maximum absolute atomic E-state index is 12.2.